The lowest BCUT2D eigenvalue weighted by atomic mass is 10.2. The summed E-state index contributed by atoms with van der Waals surface area (Å²) in [6.07, 6.45) is 0.971. The van der Waals surface area contributed by atoms with Gasteiger partial charge in [0.1, 0.15) is 5.75 Å². The molecule has 0 radical (unpaired) electrons. The van der Waals surface area contributed by atoms with Crippen molar-refractivity contribution in [3.8, 4) is 17.1 Å². The normalized spacial score (nSPS) is 10.4. The molecule has 0 fully saturated rings. The fourth-order valence-electron chi connectivity index (χ4n) is 1.27. The van der Waals surface area contributed by atoms with E-state index in [4.69, 9.17) is 20.9 Å². The molecule has 1 aromatic carbocycles. The van der Waals surface area contributed by atoms with Crippen LogP contribution in [-0.2, 0) is 0 Å². The Morgan fingerprint density at radius 1 is 1.44 bits per heavy atom. The molecule has 5 heteroatoms. The van der Waals surface area contributed by atoms with Crippen molar-refractivity contribution >= 4 is 11.6 Å². The Balaban J connectivity index is 2.22. The molecule has 0 saturated heterocycles. The number of hydrogen-bond acceptors (Lipinski definition) is 4. The van der Waals surface area contributed by atoms with Gasteiger partial charge in [0.15, 0.2) is 0 Å². The summed E-state index contributed by atoms with van der Waals surface area (Å²) in [5, 5.41) is 3.77. The molecule has 0 spiro atoms. The lowest BCUT2D eigenvalue weighted by molar-refractivity contribution is 0.317. The van der Waals surface area contributed by atoms with Crippen molar-refractivity contribution in [2.45, 2.75) is 13.3 Å². The van der Waals surface area contributed by atoms with Gasteiger partial charge in [-0.05, 0) is 30.2 Å². The smallest absolute Gasteiger partial charge is 0.320 e. The van der Waals surface area contributed by atoms with E-state index >= 15 is 0 Å². The van der Waals surface area contributed by atoms with Gasteiger partial charge < -0.3 is 9.26 Å². The first kappa shape index (κ1) is 11.0. The van der Waals surface area contributed by atoms with E-state index in [0.29, 0.717) is 12.4 Å². The van der Waals surface area contributed by atoms with Crippen LogP contribution < -0.4 is 4.74 Å². The molecule has 1 heterocycles. The highest BCUT2D eigenvalue weighted by molar-refractivity contribution is 6.27. The van der Waals surface area contributed by atoms with Crippen molar-refractivity contribution in [3.63, 3.8) is 0 Å². The van der Waals surface area contributed by atoms with E-state index < -0.39 is 0 Å². The van der Waals surface area contributed by atoms with Crippen molar-refractivity contribution in [1.29, 1.82) is 0 Å². The molecule has 0 amide bonds. The molecule has 0 aliphatic rings. The summed E-state index contributed by atoms with van der Waals surface area (Å²) in [4.78, 5) is 3.93. The summed E-state index contributed by atoms with van der Waals surface area (Å²) >= 11 is 5.56. The third kappa shape index (κ3) is 2.52. The summed E-state index contributed by atoms with van der Waals surface area (Å²) in [6, 6.07) is 7.50. The Morgan fingerprint density at radius 2 is 2.31 bits per heavy atom. The zero-order valence-electron chi connectivity index (χ0n) is 8.81. The van der Waals surface area contributed by atoms with Gasteiger partial charge in [-0.25, -0.2) is 0 Å². The maximum absolute atomic E-state index is 5.56. The first-order valence-electron chi connectivity index (χ1n) is 5.02. The van der Waals surface area contributed by atoms with Gasteiger partial charge in [0.2, 0.25) is 5.82 Å². The molecule has 1 aromatic heterocycles. The van der Waals surface area contributed by atoms with Crippen LogP contribution >= 0.6 is 11.6 Å². The standard InChI is InChI=1S/C11H11ClN2O2/c1-2-6-15-9-5-3-4-8(7-9)10-13-11(12)16-14-10/h3-5,7H,2,6H2,1H3. The van der Waals surface area contributed by atoms with E-state index in [1.54, 1.807) is 0 Å². The van der Waals surface area contributed by atoms with Crippen molar-refractivity contribution in [1.82, 2.24) is 10.1 Å². The number of hydrogen-bond donors (Lipinski definition) is 0. The molecule has 0 saturated carbocycles. The molecule has 0 atom stereocenters. The molecule has 84 valence electrons. The molecule has 0 bridgehead atoms. The van der Waals surface area contributed by atoms with Gasteiger partial charge in [0, 0.05) is 5.56 Å². The minimum Gasteiger partial charge on any atom is -0.494 e. The second-order valence-electron chi connectivity index (χ2n) is 3.25. The summed E-state index contributed by atoms with van der Waals surface area (Å²) in [5.74, 6) is 1.26. The van der Waals surface area contributed by atoms with Gasteiger partial charge in [0.05, 0.1) is 6.61 Å². The van der Waals surface area contributed by atoms with E-state index in [9.17, 15) is 0 Å². The molecular weight excluding hydrogens is 228 g/mol. The summed E-state index contributed by atoms with van der Waals surface area (Å²) in [5.41, 5.74) is 0.823. The molecule has 0 unspecified atom stereocenters. The molecule has 0 aliphatic heterocycles. The van der Waals surface area contributed by atoms with Crippen molar-refractivity contribution in [3.05, 3.63) is 29.6 Å². The highest BCUT2D eigenvalue weighted by atomic mass is 35.5. The lowest BCUT2D eigenvalue weighted by Gasteiger charge is -2.04. The second kappa shape index (κ2) is 4.99. The highest BCUT2D eigenvalue weighted by Gasteiger charge is 2.07. The molecule has 0 N–H and O–H groups in total. The van der Waals surface area contributed by atoms with Crippen LogP contribution in [0.25, 0.3) is 11.4 Å². The summed E-state index contributed by atoms with van der Waals surface area (Å²) < 4.78 is 10.2. The molecule has 2 rings (SSSR count). The Labute approximate surface area is 98.2 Å². The number of benzene rings is 1. The Bertz CT molecular complexity index is 471. The van der Waals surface area contributed by atoms with Crippen molar-refractivity contribution in [2.24, 2.45) is 0 Å². The third-order valence-electron chi connectivity index (χ3n) is 1.97. The molecule has 16 heavy (non-hydrogen) atoms. The number of halogens is 1. The Kier molecular flexibility index (Phi) is 3.41. The number of aromatic nitrogens is 2. The Hall–Kier alpha value is -1.55. The van der Waals surface area contributed by atoms with Crippen LogP contribution in [0.4, 0.5) is 0 Å². The zero-order chi connectivity index (χ0) is 11.4. The van der Waals surface area contributed by atoms with E-state index in [1.165, 1.54) is 0 Å². The Morgan fingerprint density at radius 3 is 3.00 bits per heavy atom. The predicted octanol–water partition coefficient (Wildman–Crippen LogP) is 3.18. The monoisotopic (exact) mass is 238 g/mol. The molecule has 2 aromatic rings. The summed E-state index contributed by atoms with van der Waals surface area (Å²) in [6.45, 7) is 2.75. The van der Waals surface area contributed by atoms with Crippen LogP contribution in [-0.4, -0.2) is 16.7 Å². The van der Waals surface area contributed by atoms with E-state index in [-0.39, 0.29) is 5.35 Å². The van der Waals surface area contributed by atoms with Gasteiger partial charge in [-0.3, -0.25) is 0 Å². The molecule has 0 aliphatic carbocycles. The van der Waals surface area contributed by atoms with Crippen LogP contribution in [0.1, 0.15) is 13.3 Å². The first-order valence-corrected chi connectivity index (χ1v) is 5.40. The number of ether oxygens (including phenoxy) is 1. The maximum Gasteiger partial charge on any atom is 0.320 e. The first-order chi connectivity index (χ1) is 7.79. The zero-order valence-corrected chi connectivity index (χ0v) is 9.57. The fraction of sp³-hybridized carbons (Fsp3) is 0.273. The summed E-state index contributed by atoms with van der Waals surface area (Å²) in [7, 11) is 0. The largest absolute Gasteiger partial charge is 0.494 e. The van der Waals surface area contributed by atoms with E-state index in [0.717, 1.165) is 17.7 Å². The van der Waals surface area contributed by atoms with Gasteiger partial charge in [-0.15, -0.1) is 0 Å². The van der Waals surface area contributed by atoms with Gasteiger partial charge in [-0.1, -0.05) is 24.2 Å². The van der Waals surface area contributed by atoms with Gasteiger partial charge >= 0.3 is 5.35 Å². The minimum absolute atomic E-state index is 0.0369. The van der Waals surface area contributed by atoms with Crippen LogP contribution in [0.15, 0.2) is 28.8 Å². The average molecular weight is 239 g/mol. The fourth-order valence-corrected chi connectivity index (χ4v) is 1.38. The quantitative estimate of drug-likeness (QED) is 0.821. The minimum atomic E-state index is 0.0369. The SMILES string of the molecule is CCCOc1cccc(-c2noc(Cl)n2)c1. The second-order valence-corrected chi connectivity index (χ2v) is 3.57. The molecular formula is C11H11ClN2O2. The number of nitrogens with zero attached hydrogens (tertiary/aromatic N) is 2. The van der Waals surface area contributed by atoms with Crippen LogP contribution in [0.2, 0.25) is 5.35 Å². The van der Waals surface area contributed by atoms with Gasteiger partial charge in [0.25, 0.3) is 0 Å². The van der Waals surface area contributed by atoms with Crippen LogP contribution in [0.5, 0.6) is 5.75 Å². The van der Waals surface area contributed by atoms with Crippen molar-refractivity contribution in [2.75, 3.05) is 6.61 Å². The maximum atomic E-state index is 5.56. The third-order valence-corrected chi connectivity index (χ3v) is 2.12. The van der Waals surface area contributed by atoms with E-state index in [2.05, 4.69) is 17.1 Å². The number of rotatable bonds is 4. The van der Waals surface area contributed by atoms with Crippen LogP contribution in [0.3, 0.4) is 0 Å². The van der Waals surface area contributed by atoms with Crippen molar-refractivity contribution < 1.29 is 9.26 Å². The molecule has 4 nitrogen and oxygen atoms in total. The lowest BCUT2D eigenvalue weighted by Crippen LogP contribution is -1.94. The highest BCUT2D eigenvalue weighted by Crippen LogP contribution is 2.22. The van der Waals surface area contributed by atoms with E-state index in [1.807, 2.05) is 24.3 Å². The predicted molar refractivity (Wildman–Crippen MR) is 60.5 cm³/mol. The van der Waals surface area contributed by atoms with Crippen LogP contribution in [0, 0.1) is 0 Å². The average Bonchev–Trinajstić information content (AvgIpc) is 2.74. The topological polar surface area (TPSA) is 48.2 Å². The van der Waals surface area contributed by atoms with Gasteiger partial charge in [-0.2, -0.15) is 4.98 Å².